The van der Waals surface area contributed by atoms with Crippen LogP contribution in [-0.4, -0.2) is 57.2 Å². The molecule has 1 amide bonds. The van der Waals surface area contributed by atoms with Gasteiger partial charge in [0.1, 0.15) is 11.4 Å². The first-order valence-electron chi connectivity index (χ1n) is 8.54. The fourth-order valence-electron chi connectivity index (χ4n) is 2.98. The largest absolute Gasteiger partial charge is 0.444 e. The number of ether oxygens (including phenoxy) is 1. The molecule has 0 unspecified atom stereocenters. The van der Waals surface area contributed by atoms with Crippen molar-refractivity contribution in [1.29, 1.82) is 0 Å². The van der Waals surface area contributed by atoms with Crippen LogP contribution in [0, 0.1) is 0 Å². The van der Waals surface area contributed by atoms with E-state index in [0.717, 1.165) is 41.0 Å². The van der Waals surface area contributed by atoms with E-state index in [4.69, 9.17) is 9.72 Å². The minimum Gasteiger partial charge on any atom is -0.444 e. The lowest BCUT2D eigenvalue weighted by molar-refractivity contribution is 0.0136. The zero-order valence-electron chi connectivity index (χ0n) is 15.3. The van der Waals surface area contributed by atoms with Gasteiger partial charge in [0.25, 0.3) is 0 Å². The molecule has 0 radical (unpaired) electrons. The van der Waals surface area contributed by atoms with Gasteiger partial charge in [-0.1, -0.05) is 15.9 Å². The van der Waals surface area contributed by atoms with E-state index in [9.17, 15) is 4.79 Å². The number of halogens is 1. The van der Waals surface area contributed by atoms with Crippen LogP contribution < -0.4 is 0 Å². The predicted octanol–water partition coefficient (Wildman–Crippen LogP) is 3.39. The lowest BCUT2D eigenvalue weighted by Crippen LogP contribution is -2.49. The molecule has 0 aliphatic carbocycles. The van der Waals surface area contributed by atoms with E-state index in [1.54, 1.807) is 4.90 Å². The molecule has 1 aromatic carbocycles. The van der Waals surface area contributed by atoms with Crippen LogP contribution in [-0.2, 0) is 18.3 Å². The maximum absolute atomic E-state index is 12.1. The van der Waals surface area contributed by atoms with Gasteiger partial charge in [0, 0.05) is 37.7 Å². The fraction of sp³-hybridized carbons (Fsp3) is 0.556. The van der Waals surface area contributed by atoms with Gasteiger partial charge in [0.05, 0.1) is 17.6 Å². The van der Waals surface area contributed by atoms with Crippen molar-refractivity contribution in [3.63, 3.8) is 0 Å². The molecule has 1 aromatic heterocycles. The molecular formula is C18H25BrN4O2. The number of hydrogen-bond acceptors (Lipinski definition) is 4. The zero-order valence-corrected chi connectivity index (χ0v) is 16.8. The molecule has 1 aliphatic rings. The number of carbonyl (C=O) groups excluding carboxylic acids is 1. The molecule has 1 fully saturated rings. The first-order valence-corrected chi connectivity index (χ1v) is 9.33. The number of aryl methyl sites for hydroxylation is 1. The van der Waals surface area contributed by atoms with Crippen LogP contribution in [0.3, 0.4) is 0 Å². The molecular weight excluding hydrogens is 384 g/mol. The van der Waals surface area contributed by atoms with E-state index in [0.29, 0.717) is 13.1 Å². The molecule has 0 saturated carbocycles. The van der Waals surface area contributed by atoms with E-state index in [-0.39, 0.29) is 6.09 Å². The SMILES string of the molecule is Cn1c(CN2CCN(C(=O)OC(C)(C)C)CC2)nc2cc(Br)ccc21. The molecule has 136 valence electrons. The summed E-state index contributed by atoms with van der Waals surface area (Å²) in [5.41, 5.74) is 1.68. The van der Waals surface area contributed by atoms with E-state index in [1.807, 2.05) is 32.9 Å². The highest BCUT2D eigenvalue weighted by molar-refractivity contribution is 9.10. The summed E-state index contributed by atoms with van der Waals surface area (Å²) in [5.74, 6) is 1.04. The maximum Gasteiger partial charge on any atom is 0.410 e. The standard InChI is InChI=1S/C18H25BrN4O2/c1-18(2,3)25-17(24)23-9-7-22(8-10-23)12-16-20-14-11-13(19)5-6-15(14)21(16)4/h5-6,11H,7-10,12H2,1-4H3. The summed E-state index contributed by atoms with van der Waals surface area (Å²) in [4.78, 5) is 21.0. The molecule has 25 heavy (non-hydrogen) atoms. The van der Waals surface area contributed by atoms with Crippen LogP contribution >= 0.6 is 15.9 Å². The molecule has 6 nitrogen and oxygen atoms in total. The van der Waals surface area contributed by atoms with Crippen molar-refractivity contribution in [3.05, 3.63) is 28.5 Å². The van der Waals surface area contributed by atoms with E-state index >= 15 is 0 Å². The van der Waals surface area contributed by atoms with Crippen molar-refractivity contribution in [2.45, 2.75) is 32.9 Å². The number of carbonyl (C=O) groups is 1. The van der Waals surface area contributed by atoms with Crippen molar-refractivity contribution < 1.29 is 9.53 Å². The van der Waals surface area contributed by atoms with E-state index < -0.39 is 5.60 Å². The van der Waals surface area contributed by atoms with Crippen LogP contribution in [0.4, 0.5) is 4.79 Å². The second-order valence-corrected chi connectivity index (χ2v) is 8.38. The molecule has 7 heteroatoms. The molecule has 2 heterocycles. The summed E-state index contributed by atoms with van der Waals surface area (Å²) in [6, 6.07) is 6.16. The Kier molecular flexibility index (Phi) is 5.06. The number of nitrogens with zero attached hydrogens (tertiary/aromatic N) is 4. The third-order valence-electron chi connectivity index (χ3n) is 4.32. The topological polar surface area (TPSA) is 50.6 Å². The van der Waals surface area contributed by atoms with Crippen molar-refractivity contribution >= 4 is 33.1 Å². The molecule has 2 aromatic rings. The number of rotatable bonds is 2. The first kappa shape index (κ1) is 18.2. The lowest BCUT2D eigenvalue weighted by Gasteiger charge is -2.35. The highest BCUT2D eigenvalue weighted by atomic mass is 79.9. The third-order valence-corrected chi connectivity index (χ3v) is 4.82. The van der Waals surface area contributed by atoms with Gasteiger partial charge < -0.3 is 14.2 Å². The normalized spacial score (nSPS) is 16.4. The summed E-state index contributed by atoms with van der Waals surface area (Å²) >= 11 is 3.50. The molecule has 0 atom stereocenters. The van der Waals surface area contributed by atoms with Crippen molar-refractivity contribution in [2.24, 2.45) is 7.05 Å². The summed E-state index contributed by atoms with van der Waals surface area (Å²) in [7, 11) is 2.05. The maximum atomic E-state index is 12.1. The average molecular weight is 409 g/mol. The number of hydrogen-bond donors (Lipinski definition) is 0. The highest BCUT2D eigenvalue weighted by Crippen LogP contribution is 2.21. The van der Waals surface area contributed by atoms with Gasteiger partial charge >= 0.3 is 6.09 Å². The van der Waals surface area contributed by atoms with Gasteiger partial charge in [-0.3, -0.25) is 4.90 Å². The number of piperazine rings is 1. The minimum atomic E-state index is -0.449. The number of fused-ring (bicyclic) bond motifs is 1. The van der Waals surface area contributed by atoms with Gasteiger partial charge in [-0.15, -0.1) is 0 Å². The molecule has 0 bridgehead atoms. The fourth-order valence-corrected chi connectivity index (χ4v) is 3.33. The van der Waals surface area contributed by atoms with Crippen molar-refractivity contribution in [1.82, 2.24) is 19.4 Å². The monoisotopic (exact) mass is 408 g/mol. The number of amides is 1. The molecule has 1 aliphatic heterocycles. The van der Waals surface area contributed by atoms with Crippen LogP contribution in [0.2, 0.25) is 0 Å². The molecule has 1 saturated heterocycles. The predicted molar refractivity (Wildman–Crippen MR) is 101 cm³/mol. The Labute approximate surface area is 156 Å². The second kappa shape index (κ2) is 6.96. The van der Waals surface area contributed by atoms with Crippen molar-refractivity contribution in [3.8, 4) is 0 Å². The van der Waals surface area contributed by atoms with Crippen LogP contribution in [0.5, 0.6) is 0 Å². The van der Waals surface area contributed by atoms with Gasteiger partial charge in [0.15, 0.2) is 0 Å². The van der Waals surface area contributed by atoms with Crippen molar-refractivity contribution in [2.75, 3.05) is 26.2 Å². The minimum absolute atomic E-state index is 0.222. The lowest BCUT2D eigenvalue weighted by atomic mass is 10.2. The van der Waals surface area contributed by atoms with Gasteiger partial charge in [-0.05, 0) is 39.0 Å². The average Bonchev–Trinajstić information content (AvgIpc) is 2.82. The molecule has 3 rings (SSSR count). The number of imidazole rings is 1. The smallest absolute Gasteiger partial charge is 0.410 e. The summed E-state index contributed by atoms with van der Waals surface area (Å²) < 4.78 is 8.63. The summed E-state index contributed by atoms with van der Waals surface area (Å²) in [6.07, 6.45) is -0.222. The van der Waals surface area contributed by atoms with Gasteiger partial charge in [-0.25, -0.2) is 9.78 Å². The Morgan fingerprint density at radius 3 is 2.56 bits per heavy atom. The Morgan fingerprint density at radius 1 is 1.24 bits per heavy atom. The summed E-state index contributed by atoms with van der Waals surface area (Å²) in [6.45, 7) is 9.49. The zero-order chi connectivity index (χ0) is 18.2. The highest BCUT2D eigenvalue weighted by Gasteiger charge is 2.26. The first-order chi connectivity index (χ1) is 11.7. The van der Waals surface area contributed by atoms with Crippen LogP contribution in [0.25, 0.3) is 11.0 Å². The van der Waals surface area contributed by atoms with Gasteiger partial charge in [0.2, 0.25) is 0 Å². The van der Waals surface area contributed by atoms with Gasteiger partial charge in [-0.2, -0.15) is 0 Å². The summed E-state index contributed by atoms with van der Waals surface area (Å²) in [5, 5.41) is 0. The van der Waals surface area contributed by atoms with E-state index in [2.05, 4.69) is 38.5 Å². The molecule has 0 spiro atoms. The molecule has 0 N–H and O–H groups in total. The Balaban J connectivity index is 1.61. The van der Waals surface area contributed by atoms with Crippen LogP contribution in [0.1, 0.15) is 26.6 Å². The Morgan fingerprint density at radius 2 is 1.92 bits per heavy atom. The Bertz CT molecular complexity index is 773. The Hall–Kier alpha value is -1.60. The quantitative estimate of drug-likeness (QED) is 0.763. The third kappa shape index (κ3) is 4.33. The van der Waals surface area contributed by atoms with Crippen LogP contribution in [0.15, 0.2) is 22.7 Å². The second-order valence-electron chi connectivity index (χ2n) is 7.46. The number of aromatic nitrogens is 2. The number of benzene rings is 1. The van der Waals surface area contributed by atoms with E-state index in [1.165, 1.54) is 0 Å².